The van der Waals surface area contributed by atoms with Crippen molar-refractivity contribution in [3.63, 3.8) is 0 Å². The second kappa shape index (κ2) is 16.5. The van der Waals surface area contributed by atoms with E-state index in [1.165, 1.54) is 133 Å². The maximum atomic E-state index is 2.51. The van der Waals surface area contributed by atoms with Gasteiger partial charge in [-0.25, -0.2) is 0 Å². The summed E-state index contributed by atoms with van der Waals surface area (Å²) in [4.78, 5) is 5.02. The molecule has 12 aromatic rings. The van der Waals surface area contributed by atoms with Gasteiger partial charge in [-0.15, -0.1) is 0 Å². The number of fused-ring (bicyclic) bond motifs is 10. The lowest BCUT2D eigenvalue weighted by Crippen LogP contribution is -2.30. The summed E-state index contributed by atoms with van der Waals surface area (Å²) in [6.07, 6.45) is 0. The maximum Gasteiger partial charge on any atom is 0.0502 e. The van der Waals surface area contributed by atoms with Gasteiger partial charge in [0.25, 0.3) is 0 Å². The van der Waals surface area contributed by atoms with Crippen LogP contribution in [0.2, 0.25) is 0 Å². The van der Waals surface area contributed by atoms with Crippen LogP contribution in [0, 0.1) is 0 Å². The van der Waals surface area contributed by atoms with Crippen LogP contribution in [0.3, 0.4) is 0 Å². The molecule has 15 rings (SSSR count). The molecular weight excluding hydrogens is 929 g/mol. The number of benzene rings is 12. The summed E-state index contributed by atoms with van der Waals surface area (Å²) in [5.41, 5.74) is 24.7. The van der Waals surface area contributed by atoms with Gasteiger partial charge >= 0.3 is 0 Å². The van der Waals surface area contributed by atoms with Crippen LogP contribution >= 0.6 is 0 Å². The van der Waals surface area contributed by atoms with Gasteiger partial charge in [-0.1, -0.05) is 217 Å². The molecule has 2 aliphatic heterocycles. The minimum atomic E-state index is -0.177. The van der Waals surface area contributed by atoms with Crippen molar-refractivity contribution in [1.82, 2.24) is 0 Å². The zero-order valence-electron chi connectivity index (χ0n) is 44.5. The lowest BCUT2D eigenvalue weighted by atomic mass is 9.73. The van der Waals surface area contributed by atoms with E-state index in [-0.39, 0.29) is 16.2 Å². The average molecular weight is 987 g/mol. The molecule has 0 amide bonds. The standard InChI is InChI=1S/C75H58N2/c1-73(2)61-25-10-9-24-55(61)56-39-36-50(44-66(56)73)49-22-19-23-51(43-49)71-57-40-37-54(77-69-32-17-13-28-64(69)75(5,6)65-29-14-18-33-70(65)77)46-60(57)72(52-35-34-47-20-7-8-21-48(47)42-52)58-41-38-53(45-59(58)71)76-67-30-15-11-26-62(67)74(3,4)63-27-12-16-31-68(63)76/h7-46H,1-6H3. The molecule has 0 unspecified atom stereocenters. The minimum absolute atomic E-state index is 0.106. The van der Waals surface area contributed by atoms with E-state index >= 15 is 0 Å². The SMILES string of the molecule is CC1(C)c2ccccc2-c2ccc(-c3cccc(-c4c5ccc(N6c7ccccc7C(C)(C)c7ccccc76)cc5c(-c5ccc6ccccc6c5)c5ccc(N6c7ccccc7C(C)(C)c7ccccc76)cc45)c3)cc21. The maximum absolute atomic E-state index is 2.51. The second-order valence-corrected chi connectivity index (χ2v) is 23.3. The van der Waals surface area contributed by atoms with E-state index in [0.717, 1.165) is 11.4 Å². The average Bonchev–Trinajstić information content (AvgIpc) is 3.83. The summed E-state index contributed by atoms with van der Waals surface area (Å²) in [5, 5.41) is 7.31. The fourth-order valence-corrected chi connectivity index (χ4v) is 14.1. The Morgan fingerprint density at radius 3 is 1.19 bits per heavy atom. The van der Waals surface area contributed by atoms with Crippen LogP contribution in [0.5, 0.6) is 0 Å². The van der Waals surface area contributed by atoms with E-state index in [1.54, 1.807) is 0 Å². The van der Waals surface area contributed by atoms with Crippen LogP contribution in [-0.4, -0.2) is 0 Å². The summed E-state index contributed by atoms with van der Waals surface area (Å²) < 4.78 is 0. The molecular formula is C75H58N2. The Bertz CT molecular complexity index is 4350. The van der Waals surface area contributed by atoms with Crippen molar-refractivity contribution in [2.45, 2.75) is 57.8 Å². The fourth-order valence-electron chi connectivity index (χ4n) is 14.1. The number of hydrogen-bond donors (Lipinski definition) is 0. The van der Waals surface area contributed by atoms with E-state index in [2.05, 4.69) is 294 Å². The van der Waals surface area contributed by atoms with Gasteiger partial charge in [0.1, 0.15) is 0 Å². The molecule has 0 saturated carbocycles. The Kier molecular flexibility index (Phi) is 9.74. The van der Waals surface area contributed by atoms with Crippen LogP contribution in [-0.2, 0) is 16.2 Å². The van der Waals surface area contributed by atoms with E-state index in [1.807, 2.05) is 0 Å². The Morgan fingerprint density at radius 2 is 0.649 bits per heavy atom. The largest absolute Gasteiger partial charge is 0.310 e. The summed E-state index contributed by atoms with van der Waals surface area (Å²) in [6.45, 7) is 14.2. The van der Waals surface area contributed by atoms with Crippen LogP contribution in [0.1, 0.15) is 74.9 Å². The van der Waals surface area contributed by atoms with Gasteiger partial charge in [-0.2, -0.15) is 0 Å². The molecule has 0 fully saturated rings. The third kappa shape index (κ3) is 6.61. The fraction of sp³-hybridized carbons (Fsp3) is 0.120. The van der Waals surface area contributed by atoms with Gasteiger partial charge in [-0.05, 0) is 177 Å². The van der Waals surface area contributed by atoms with Gasteiger partial charge in [0.2, 0.25) is 0 Å². The van der Waals surface area contributed by atoms with Crippen LogP contribution < -0.4 is 9.80 Å². The Balaban J connectivity index is 1.03. The highest BCUT2D eigenvalue weighted by Gasteiger charge is 2.39. The predicted molar refractivity (Wildman–Crippen MR) is 326 cm³/mol. The van der Waals surface area contributed by atoms with Crippen molar-refractivity contribution in [1.29, 1.82) is 0 Å². The molecule has 0 radical (unpaired) electrons. The number of anilines is 6. The highest BCUT2D eigenvalue weighted by Crippen LogP contribution is 2.56. The first-order valence-corrected chi connectivity index (χ1v) is 27.3. The van der Waals surface area contributed by atoms with Gasteiger partial charge in [0.15, 0.2) is 0 Å². The quantitative estimate of drug-likeness (QED) is 0.159. The molecule has 0 atom stereocenters. The van der Waals surface area contributed by atoms with Gasteiger partial charge in [0, 0.05) is 27.6 Å². The zero-order valence-corrected chi connectivity index (χ0v) is 44.5. The lowest BCUT2D eigenvalue weighted by Gasteiger charge is -2.42. The van der Waals surface area contributed by atoms with Crippen LogP contribution in [0.4, 0.5) is 34.1 Å². The normalized spacial score (nSPS) is 15.1. The first kappa shape index (κ1) is 45.4. The van der Waals surface area contributed by atoms with Gasteiger partial charge < -0.3 is 9.80 Å². The predicted octanol–water partition coefficient (Wildman–Crippen LogP) is 20.7. The monoisotopic (exact) mass is 986 g/mol. The molecule has 0 bridgehead atoms. The Morgan fingerprint density at radius 1 is 0.247 bits per heavy atom. The molecule has 1 aliphatic carbocycles. The van der Waals surface area contributed by atoms with Gasteiger partial charge in [-0.3, -0.25) is 0 Å². The molecule has 2 heteroatoms. The summed E-state index contributed by atoms with van der Waals surface area (Å²) >= 11 is 0. The molecule has 368 valence electrons. The highest BCUT2D eigenvalue weighted by molar-refractivity contribution is 6.23. The minimum Gasteiger partial charge on any atom is -0.310 e. The van der Waals surface area contributed by atoms with Crippen molar-refractivity contribution < 1.29 is 0 Å². The molecule has 3 aliphatic rings. The summed E-state index contributed by atoms with van der Waals surface area (Å²) in [7, 11) is 0. The smallest absolute Gasteiger partial charge is 0.0502 e. The Labute approximate surface area is 452 Å². The van der Waals surface area contributed by atoms with E-state index in [9.17, 15) is 0 Å². The molecule has 2 nitrogen and oxygen atoms in total. The third-order valence-corrected chi connectivity index (χ3v) is 18.0. The molecule has 12 aromatic carbocycles. The highest BCUT2D eigenvalue weighted by atomic mass is 15.2. The van der Waals surface area contributed by atoms with Crippen molar-refractivity contribution in [2.75, 3.05) is 9.80 Å². The second-order valence-electron chi connectivity index (χ2n) is 23.3. The number of hydrogen-bond acceptors (Lipinski definition) is 2. The summed E-state index contributed by atoms with van der Waals surface area (Å²) in [5.74, 6) is 0. The van der Waals surface area contributed by atoms with E-state index in [0.29, 0.717) is 0 Å². The van der Waals surface area contributed by atoms with E-state index < -0.39 is 0 Å². The summed E-state index contributed by atoms with van der Waals surface area (Å²) in [6, 6.07) is 91.9. The molecule has 0 N–H and O–H groups in total. The van der Waals surface area contributed by atoms with Crippen molar-refractivity contribution >= 4 is 66.4 Å². The van der Waals surface area contributed by atoms with E-state index in [4.69, 9.17) is 0 Å². The number of rotatable bonds is 5. The molecule has 0 saturated heterocycles. The Hall–Kier alpha value is -8.98. The molecule has 0 aromatic heterocycles. The van der Waals surface area contributed by atoms with Crippen molar-refractivity contribution in [3.05, 3.63) is 276 Å². The van der Waals surface area contributed by atoms with Gasteiger partial charge in [0.05, 0.1) is 22.7 Å². The lowest BCUT2D eigenvalue weighted by molar-refractivity contribution is 0.632. The number of para-hydroxylation sites is 4. The van der Waals surface area contributed by atoms with Crippen LogP contribution in [0.15, 0.2) is 243 Å². The zero-order chi connectivity index (χ0) is 52.0. The first-order valence-electron chi connectivity index (χ1n) is 27.3. The van der Waals surface area contributed by atoms with Crippen molar-refractivity contribution in [3.8, 4) is 44.5 Å². The molecule has 2 heterocycles. The molecule has 77 heavy (non-hydrogen) atoms. The molecule has 0 spiro atoms. The topological polar surface area (TPSA) is 6.48 Å². The van der Waals surface area contributed by atoms with Crippen LogP contribution in [0.25, 0.3) is 76.8 Å². The number of nitrogens with zero attached hydrogens (tertiary/aromatic N) is 2. The third-order valence-electron chi connectivity index (χ3n) is 18.0. The first-order chi connectivity index (χ1) is 37.5. The van der Waals surface area contributed by atoms with Crippen molar-refractivity contribution in [2.24, 2.45) is 0 Å².